The van der Waals surface area contributed by atoms with E-state index < -0.39 is 0 Å². The van der Waals surface area contributed by atoms with Crippen molar-refractivity contribution in [1.82, 2.24) is 9.80 Å². The van der Waals surface area contributed by atoms with Crippen molar-refractivity contribution in [3.63, 3.8) is 0 Å². The van der Waals surface area contributed by atoms with E-state index in [-0.39, 0.29) is 11.5 Å². The first-order chi connectivity index (χ1) is 11.6. The van der Waals surface area contributed by atoms with E-state index in [1.54, 1.807) is 18.3 Å². The van der Waals surface area contributed by atoms with Crippen LogP contribution in [0.2, 0.25) is 0 Å². The molecular formula is C18H24N2O4. The number of phenols is 1. The summed E-state index contributed by atoms with van der Waals surface area (Å²) in [5, 5.41) is 10.2. The molecule has 0 amide bonds. The molecule has 0 spiro atoms. The van der Waals surface area contributed by atoms with Crippen LogP contribution >= 0.6 is 0 Å². The molecule has 1 saturated heterocycles. The molecule has 2 aliphatic heterocycles. The van der Waals surface area contributed by atoms with E-state index in [2.05, 4.69) is 18.7 Å². The van der Waals surface area contributed by atoms with Crippen LogP contribution in [0.1, 0.15) is 29.8 Å². The molecule has 3 rings (SSSR count). The van der Waals surface area contributed by atoms with Crippen molar-refractivity contribution in [3.05, 3.63) is 35.2 Å². The van der Waals surface area contributed by atoms with Gasteiger partial charge in [-0.3, -0.25) is 9.69 Å². The number of nitrogens with zero attached hydrogens (tertiary/aromatic N) is 2. The monoisotopic (exact) mass is 332 g/mol. The molecule has 1 N–H and O–H groups in total. The van der Waals surface area contributed by atoms with Crippen molar-refractivity contribution in [2.45, 2.75) is 20.4 Å². The molecule has 0 aromatic heterocycles. The van der Waals surface area contributed by atoms with Crippen LogP contribution < -0.4 is 4.74 Å². The molecule has 130 valence electrons. The molecule has 6 heteroatoms. The highest BCUT2D eigenvalue weighted by atomic mass is 16.5. The van der Waals surface area contributed by atoms with Gasteiger partial charge in [-0.2, -0.15) is 0 Å². The van der Waals surface area contributed by atoms with Gasteiger partial charge in [0.25, 0.3) is 0 Å². The average Bonchev–Trinajstić information content (AvgIpc) is 2.91. The molecule has 0 saturated carbocycles. The van der Waals surface area contributed by atoms with Crippen LogP contribution in [0.3, 0.4) is 0 Å². The maximum Gasteiger partial charge on any atom is 0.233 e. The molecular weight excluding hydrogens is 308 g/mol. The Morgan fingerprint density at radius 1 is 1.25 bits per heavy atom. The number of benzene rings is 1. The standard InChI is InChI=1S/C18H24N2O4/c1-3-19(4-2)11-14-15(21)6-5-13-17(22)16(24-18(13)14)12-20-7-9-23-10-8-20/h5-6,12,21H,3-4,7-11H2,1-2H3/b16-12-. The van der Waals surface area contributed by atoms with Crippen LogP contribution in [0, 0.1) is 0 Å². The number of hydrogen-bond donors (Lipinski definition) is 1. The van der Waals surface area contributed by atoms with Gasteiger partial charge in [0.05, 0.1) is 24.3 Å². The number of ether oxygens (including phenoxy) is 2. The zero-order valence-electron chi connectivity index (χ0n) is 14.2. The number of carbonyl (C=O) groups is 1. The fourth-order valence-electron chi connectivity index (χ4n) is 2.98. The Hall–Kier alpha value is -2.05. The Kier molecular flexibility index (Phi) is 5.06. The van der Waals surface area contributed by atoms with Crippen LogP contribution in [-0.2, 0) is 11.3 Å². The molecule has 1 fully saturated rings. The predicted octanol–water partition coefficient (Wildman–Crippen LogP) is 1.98. The summed E-state index contributed by atoms with van der Waals surface area (Å²) in [6, 6.07) is 3.22. The molecule has 0 aliphatic carbocycles. The van der Waals surface area contributed by atoms with E-state index in [4.69, 9.17) is 9.47 Å². The minimum atomic E-state index is -0.128. The Morgan fingerprint density at radius 2 is 1.96 bits per heavy atom. The zero-order chi connectivity index (χ0) is 17.1. The van der Waals surface area contributed by atoms with Crippen molar-refractivity contribution in [1.29, 1.82) is 0 Å². The molecule has 24 heavy (non-hydrogen) atoms. The first-order valence-corrected chi connectivity index (χ1v) is 8.47. The van der Waals surface area contributed by atoms with Crippen molar-refractivity contribution in [2.75, 3.05) is 39.4 Å². The summed E-state index contributed by atoms with van der Waals surface area (Å²) in [6.45, 7) is 9.22. The summed E-state index contributed by atoms with van der Waals surface area (Å²) in [7, 11) is 0. The Bertz CT molecular complexity index is 647. The van der Waals surface area contributed by atoms with Gasteiger partial charge in [0.1, 0.15) is 11.5 Å². The maximum absolute atomic E-state index is 12.6. The Labute approximate surface area is 142 Å². The minimum Gasteiger partial charge on any atom is -0.507 e. The highest BCUT2D eigenvalue weighted by molar-refractivity contribution is 6.12. The SMILES string of the molecule is CCN(CC)Cc1c(O)ccc2c1O/C(=C\N1CCOCC1)C2=O. The van der Waals surface area contributed by atoms with Crippen LogP contribution in [0.4, 0.5) is 0 Å². The molecule has 0 bridgehead atoms. The van der Waals surface area contributed by atoms with Gasteiger partial charge >= 0.3 is 0 Å². The lowest BCUT2D eigenvalue weighted by Crippen LogP contribution is -2.32. The average molecular weight is 332 g/mol. The van der Waals surface area contributed by atoms with E-state index in [1.165, 1.54) is 0 Å². The quantitative estimate of drug-likeness (QED) is 0.832. The second kappa shape index (κ2) is 7.23. The summed E-state index contributed by atoms with van der Waals surface area (Å²) in [5.74, 6) is 0.850. The van der Waals surface area contributed by atoms with Gasteiger partial charge < -0.3 is 19.5 Å². The fourth-order valence-corrected chi connectivity index (χ4v) is 2.98. The predicted molar refractivity (Wildman–Crippen MR) is 90.2 cm³/mol. The molecule has 2 aliphatic rings. The number of Topliss-reactive ketones (excluding diaryl/α,β-unsaturated/α-hetero) is 1. The Balaban J connectivity index is 1.88. The number of hydrogen-bond acceptors (Lipinski definition) is 6. The van der Waals surface area contributed by atoms with Gasteiger partial charge in [-0.25, -0.2) is 0 Å². The van der Waals surface area contributed by atoms with E-state index in [0.29, 0.717) is 42.4 Å². The van der Waals surface area contributed by atoms with E-state index >= 15 is 0 Å². The van der Waals surface area contributed by atoms with Gasteiger partial charge in [0, 0.05) is 25.8 Å². The summed E-state index contributed by atoms with van der Waals surface area (Å²) >= 11 is 0. The summed E-state index contributed by atoms with van der Waals surface area (Å²) in [6.07, 6.45) is 1.77. The number of fused-ring (bicyclic) bond motifs is 1. The number of allylic oxidation sites excluding steroid dienone is 1. The van der Waals surface area contributed by atoms with Crippen molar-refractivity contribution in [2.24, 2.45) is 0 Å². The van der Waals surface area contributed by atoms with Crippen molar-refractivity contribution < 1.29 is 19.4 Å². The first kappa shape index (κ1) is 16.8. The first-order valence-electron chi connectivity index (χ1n) is 8.47. The lowest BCUT2D eigenvalue weighted by atomic mass is 10.0. The maximum atomic E-state index is 12.6. The van der Waals surface area contributed by atoms with Gasteiger partial charge in [0.15, 0.2) is 5.76 Å². The Morgan fingerprint density at radius 3 is 2.62 bits per heavy atom. The van der Waals surface area contributed by atoms with Crippen LogP contribution in [0.15, 0.2) is 24.1 Å². The lowest BCUT2D eigenvalue weighted by molar-refractivity contribution is 0.0577. The second-order valence-corrected chi connectivity index (χ2v) is 5.97. The highest BCUT2D eigenvalue weighted by Gasteiger charge is 2.32. The van der Waals surface area contributed by atoms with Gasteiger partial charge in [-0.05, 0) is 25.2 Å². The normalized spacial score (nSPS) is 19.0. The molecule has 0 radical (unpaired) electrons. The third kappa shape index (κ3) is 3.25. The lowest BCUT2D eigenvalue weighted by Gasteiger charge is -2.25. The largest absolute Gasteiger partial charge is 0.507 e. The third-order valence-electron chi connectivity index (χ3n) is 4.54. The summed E-state index contributed by atoms with van der Waals surface area (Å²) in [4.78, 5) is 16.8. The minimum absolute atomic E-state index is 0.128. The van der Waals surface area contributed by atoms with Crippen molar-refractivity contribution >= 4 is 5.78 Å². The highest BCUT2D eigenvalue weighted by Crippen LogP contribution is 2.39. The number of aromatic hydroxyl groups is 1. The smallest absolute Gasteiger partial charge is 0.233 e. The molecule has 0 unspecified atom stereocenters. The number of ketones is 1. The van der Waals surface area contributed by atoms with E-state index in [9.17, 15) is 9.90 Å². The number of rotatable bonds is 5. The van der Waals surface area contributed by atoms with E-state index in [1.807, 2.05) is 4.90 Å². The molecule has 1 aromatic rings. The van der Waals surface area contributed by atoms with Crippen LogP contribution in [0.5, 0.6) is 11.5 Å². The molecule has 6 nitrogen and oxygen atoms in total. The molecule has 2 heterocycles. The summed E-state index contributed by atoms with van der Waals surface area (Å²) < 4.78 is 11.2. The van der Waals surface area contributed by atoms with Gasteiger partial charge in [-0.1, -0.05) is 13.8 Å². The topological polar surface area (TPSA) is 62.2 Å². The zero-order valence-corrected chi connectivity index (χ0v) is 14.2. The van der Waals surface area contributed by atoms with Crippen LogP contribution in [-0.4, -0.2) is 60.1 Å². The summed E-state index contributed by atoms with van der Waals surface area (Å²) in [5.41, 5.74) is 1.20. The number of morpholine rings is 1. The molecule has 0 atom stereocenters. The van der Waals surface area contributed by atoms with Gasteiger partial charge in [0.2, 0.25) is 5.78 Å². The number of phenolic OH excluding ortho intramolecular Hbond substituents is 1. The second-order valence-electron chi connectivity index (χ2n) is 5.97. The van der Waals surface area contributed by atoms with Crippen molar-refractivity contribution in [3.8, 4) is 11.5 Å². The van der Waals surface area contributed by atoms with Crippen LogP contribution in [0.25, 0.3) is 0 Å². The fraction of sp³-hybridized carbons (Fsp3) is 0.500. The van der Waals surface area contributed by atoms with Gasteiger partial charge in [-0.15, -0.1) is 0 Å². The molecule has 1 aromatic carbocycles. The number of carbonyl (C=O) groups excluding carboxylic acids is 1. The third-order valence-corrected chi connectivity index (χ3v) is 4.54. The van der Waals surface area contributed by atoms with E-state index in [0.717, 1.165) is 26.2 Å².